The molecule has 3 aromatic carbocycles. The number of ether oxygens (including phenoxy) is 1. The Balaban J connectivity index is 1.57. The number of methoxy groups -OCH3 is 1. The Morgan fingerprint density at radius 3 is 2.41 bits per heavy atom. The van der Waals surface area contributed by atoms with Crippen molar-refractivity contribution in [2.45, 2.75) is 11.7 Å². The summed E-state index contributed by atoms with van der Waals surface area (Å²) < 4.78 is 20.3. The van der Waals surface area contributed by atoms with Crippen molar-refractivity contribution in [1.29, 1.82) is 0 Å². The molecule has 1 N–H and O–H groups in total. The standard InChI is InChI=1S/C24H21FN4O2S/c1-31-21-13-11-20(12-14-21)29-23(15-26-19-9-7-18(25)8-10-19)27-28-24(29)32-16-22(30)17-5-3-2-4-6-17/h2-14,26H,15-16H2,1H3. The van der Waals surface area contributed by atoms with E-state index in [0.717, 1.165) is 17.1 Å². The molecule has 4 aromatic rings. The first-order valence-electron chi connectivity index (χ1n) is 9.93. The number of hydrogen-bond acceptors (Lipinski definition) is 6. The van der Waals surface area contributed by atoms with E-state index < -0.39 is 0 Å². The maximum absolute atomic E-state index is 13.2. The number of aromatic nitrogens is 3. The molecule has 1 heterocycles. The highest BCUT2D eigenvalue weighted by Crippen LogP contribution is 2.25. The second-order valence-corrected chi connectivity index (χ2v) is 7.81. The molecule has 0 atom stereocenters. The Morgan fingerprint density at radius 1 is 1.00 bits per heavy atom. The Bertz CT molecular complexity index is 1180. The first kappa shape index (κ1) is 21.6. The molecule has 0 bridgehead atoms. The molecule has 4 rings (SSSR count). The lowest BCUT2D eigenvalue weighted by molar-refractivity contribution is 0.102. The van der Waals surface area contributed by atoms with Gasteiger partial charge in [-0.25, -0.2) is 4.39 Å². The number of carbonyl (C=O) groups excluding carboxylic acids is 1. The second kappa shape index (κ2) is 10.1. The topological polar surface area (TPSA) is 69.0 Å². The fourth-order valence-electron chi connectivity index (χ4n) is 3.09. The Labute approximate surface area is 189 Å². The first-order chi connectivity index (χ1) is 15.6. The SMILES string of the molecule is COc1ccc(-n2c(CNc3ccc(F)cc3)nnc2SCC(=O)c2ccccc2)cc1. The Hall–Kier alpha value is -3.65. The van der Waals surface area contributed by atoms with Gasteiger partial charge in [-0.3, -0.25) is 9.36 Å². The molecular weight excluding hydrogens is 427 g/mol. The van der Waals surface area contributed by atoms with Crippen LogP contribution in [0.5, 0.6) is 5.75 Å². The van der Waals surface area contributed by atoms with Crippen molar-refractivity contribution in [3.8, 4) is 11.4 Å². The molecule has 0 aliphatic carbocycles. The molecule has 0 fully saturated rings. The molecule has 8 heteroatoms. The van der Waals surface area contributed by atoms with Gasteiger partial charge in [0.2, 0.25) is 0 Å². The van der Waals surface area contributed by atoms with Crippen LogP contribution < -0.4 is 10.1 Å². The van der Waals surface area contributed by atoms with Crippen molar-refractivity contribution < 1.29 is 13.9 Å². The van der Waals surface area contributed by atoms with Crippen LogP contribution in [-0.2, 0) is 6.54 Å². The van der Waals surface area contributed by atoms with Crippen molar-refractivity contribution in [2.24, 2.45) is 0 Å². The average Bonchev–Trinajstić information content (AvgIpc) is 3.25. The van der Waals surface area contributed by atoms with Crippen LogP contribution in [0.2, 0.25) is 0 Å². The molecule has 32 heavy (non-hydrogen) atoms. The van der Waals surface area contributed by atoms with Gasteiger partial charge in [0.05, 0.1) is 19.4 Å². The molecular formula is C24H21FN4O2S. The second-order valence-electron chi connectivity index (χ2n) is 6.87. The van der Waals surface area contributed by atoms with Crippen LogP contribution in [0.3, 0.4) is 0 Å². The zero-order valence-electron chi connectivity index (χ0n) is 17.4. The van der Waals surface area contributed by atoms with E-state index in [0.29, 0.717) is 23.1 Å². The van der Waals surface area contributed by atoms with Gasteiger partial charge in [-0.1, -0.05) is 42.1 Å². The summed E-state index contributed by atoms with van der Waals surface area (Å²) in [5.74, 6) is 1.36. The number of nitrogens with one attached hydrogen (secondary N) is 1. The number of halogens is 1. The van der Waals surface area contributed by atoms with E-state index in [1.807, 2.05) is 47.0 Å². The van der Waals surface area contributed by atoms with Gasteiger partial charge in [0.15, 0.2) is 16.8 Å². The third kappa shape index (κ3) is 5.15. The summed E-state index contributed by atoms with van der Waals surface area (Å²) in [6.45, 7) is 0.373. The van der Waals surface area contributed by atoms with Crippen molar-refractivity contribution in [3.63, 3.8) is 0 Å². The lowest BCUT2D eigenvalue weighted by atomic mass is 10.2. The van der Waals surface area contributed by atoms with Crippen molar-refractivity contribution in [1.82, 2.24) is 14.8 Å². The zero-order valence-corrected chi connectivity index (χ0v) is 18.2. The number of rotatable bonds is 9. The van der Waals surface area contributed by atoms with Crippen molar-refractivity contribution in [2.75, 3.05) is 18.2 Å². The maximum Gasteiger partial charge on any atom is 0.196 e. The normalized spacial score (nSPS) is 10.7. The van der Waals surface area contributed by atoms with Crippen molar-refractivity contribution in [3.05, 3.63) is 96.1 Å². The highest BCUT2D eigenvalue weighted by molar-refractivity contribution is 7.99. The number of hydrogen-bond donors (Lipinski definition) is 1. The van der Waals surface area contributed by atoms with Gasteiger partial charge in [-0.05, 0) is 48.5 Å². The number of Topliss-reactive ketones (excluding diaryl/α,β-unsaturated/α-hetero) is 1. The van der Waals surface area contributed by atoms with Gasteiger partial charge >= 0.3 is 0 Å². The monoisotopic (exact) mass is 448 g/mol. The van der Waals surface area contributed by atoms with Gasteiger partial charge in [0.1, 0.15) is 11.6 Å². The lowest BCUT2D eigenvalue weighted by Crippen LogP contribution is -2.09. The predicted molar refractivity (Wildman–Crippen MR) is 123 cm³/mol. The van der Waals surface area contributed by atoms with Gasteiger partial charge in [-0.15, -0.1) is 10.2 Å². The van der Waals surface area contributed by atoms with Crippen LogP contribution in [0.1, 0.15) is 16.2 Å². The smallest absolute Gasteiger partial charge is 0.196 e. The first-order valence-corrected chi connectivity index (χ1v) is 10.9. The number of carbonyl (C=O) groups is 1. The minimum atomic E-state index is -0.293. The molecule has 0 unspecified atom stereocenters. The van der Waals surface area contributed by atoms with Gasteiger partial charge in [0.25, 0.3) is 0 Å². The van der Waals surface area contributed by atoms with Crippen LogP contribution in [-0.4, -0.2) is 33.4 Å². The van der Waals surface area contributed by atoms with Gasteiger partial charge < -0.3 is 10.1 Å². The summed E-state index contributed by atoms with van der Waals surface area (Å²) in [5, 5.41) is 12.5. The summed E-state index contributed by atoms with van der Waals surface area (Å²) >= 11 is 1.33. The molecule has 0 radical (unpaired) electrons. The van der Waals surface area contributed by atoms with E-state index >= 15 is 0 Å². The number of anilines is 1. The molecule has 0 aliphatic rings. The minimum Gasteiger partial charge on any atom is -0.497 e. The third-order valence-corrected chi connectivity index (χ3v) is 5.68. The number of benzene rings is 3. The van der Waals surface area contributed by atoms with Crippen molar-refractivity contribution >= 4 is 23.2 Å². The molecule has 162 valence electrons. The van der Waals surface area contributed by atoms with E-state index in [1.165, 1.54) is 23.9 Å². The largest absolute Gasteiger partial charge is 0.497 e. The maximum atomic E-state index is 13.2. The zero-order chi connectivity index (χ0) is 22.3. The van der Waals surface area contributed by atoms with Crippen LogP contribution >= 0.6 is 11.8 Å². The molecule has 0 amide bonds. The van der Waals surface area contributed by atoms with E-state index in [2.05, 4.69) is 15.5 Å². The summed E-state index contributed by atoms with van der Waals surface area (Å²) in [4.78, 5) is 12.6. The molecule has 0 aliphatic heterocycles. The lowest BCUT2D eigenvalue weighted by Gasteiger charge is -2.12. The van der Waals surface area contributed by atoms with Crippen LogP contribution in [0.15, 0.2) is 84.0 Å². The molecule has 0 spiro atoms. The van der Waals surface area contributed by atoms with Crippen LogP contribution in [0, 0.1) is 5.82 Å². The van der Waals surface area contributed by atoms with E-state index in [9.17, 15) is 9.18 Å². The summed E-state index contributed by atoms with van der Waals surface area (Å²) in [6, 6.07) is 22.8. The molecule has 0 saturated carbocycles. The fourth-order valence-corrected chi connectivity index (χ4v) is 3.95. The van der Waals surface area contributed by atoms with E-state index in [-0.39, 0.29) is 17.4 Å². The minimum absolute atomic E-state index is 0.0193. The Morgan fingerprint density at radius 2 is 1.72 bits per heavy atom. The number of nitrogens with zero attached hydrogens (tertiary/aromatic N) is 3. The third-order valence-electron chi connectivity index (χ3n) is 4.75. The number of thioether (sulfide) groups is 1. The quantitative estimate of drug-likeness (QED) is 0.287. The van der Waals surface area contributed by atoms with Crippen LogP contribution in [0.25, 0.3) is 5.69 Å². The highest BCUT2D eigenvalue weighted by Gasteiger charge is 2.16. The van der Waals surface area contributed by atoms with Crippen LogP contribution in [0.4, 0.5) is 10.1 Å². The molecule has 6 nitrogen and oxygen atoms in total. The predicted octanol–water partition coefficient (Wildman–Crippen LogP) is 5.00. The van der Waals surface area contributed by atoms with Gasteiger partial charge in [0, 0.05) is 16.9 Å². The highest BCUT2D eigenvalue weighted by atomic mass is 32.2. The molecule has 0 saturated heterocycles. The number of ketones is 1. The summed E-state index contributed by atoms with van der Waals surface area (Å²) in [7, 11) is 1.61. The van der Waals surface area contributed by atoms with E-state index in [4.69, 9.17) is 4.74 Å². The summed E-state index contributed by atoms with van der Waals surface area (Å²) in [6.07, 6.45) is 0. The average molecular weight is 449 g/mol. The Kier molecular flexibility index (Phi) is 6.81. The van der Waals surface area contributed by atoms with E-state index in [1.54, 1.807) is 31.4 Å². The van der Waals surface area contributed by atoms with Gasteiger partial charge in [-0.2, -0.15) is 0 Å². The summed E-state index contributed by atoms with van der Waals surface area (Å²) in [5.41, 5.74) is 2.28. The molecule has 1 aromatic heterocycles. The fraction of sp³-hybridized carbons (Fsp3) is 0.125.